The molecule has 0 radical (unpaired) electrons. The van der Waals surface area contributed by atoms with Gasteiger partial charge in [0.1, 0.15) is 17.2 Å². The summed E-state index contributed by atoms with van der Waals surface area (Å²) in [7, 11) is 1.88. The first-order chi connectivity index (χ1) is 10.2. The van der Waals surface area contributed by atoms with Gasteiger partial charge >= 0.3 is 0 Å². The number of aryl methyl sites for hydroxylation is 1. The standard InChI is InChI=1S/C13H15N7O/c1-20-7-15-6-9(20)10-18-11(21-19-10)8-5-16-12(17-8)13(14)3-2-4-13/h5-7H,2-4,14H2,1H3,(H,16,17). The Balaban J connectivity index is 1.66. The fraction of sp³-hybridized carbons (Fsp3) is 0.385. The first-order valence-corrected chi connectivity index (χ1v) is 6.81. The van der Waals surface area contributed by atoms with Gasteiger partial charge in [-0.15, -0.1) is 0 Å². The summed E-state index contributed by atoms with van der Waals surface area (Å²) in [6.07, 6.45) is 8.10. The Morgan fingerprint density at radius 3 is 2.90 bits per heavy atom. The number of aromatic amines is 1. The number of nitrogens with one attached hydrogen (secondary N) is 1. The van der Waals surface area contributed by atoms with Crippen LogP contribution in [0.25, 0.3) is 23.1 Å². The minimum Gasteiger partial charge on any atom is -0.336 e. The summed E-state index contributed by atoms with van der Waals surface area (Å²) < 4.78 is 7.12. The van der Waals surface area contributed by atoms with E-state index >= 15 is 0 Å². The smallest absolute Gasteiger partial charge is 0.276 e. The lowest BCUT2D eigenvalue weighted by Crippen LogP contribution is -2.44. The van der Waals surface area contributed by atoms with Crippen LogP contribution < -0.4 is 5.73 Å². The van der Waals surface area contributed by atoms with Gasteiger partial charge in [-0.1, -0.05) is 5.16 Å². The predicted octanol–water partition coefficient (Wildman–Crippen LogP) is 1.20. The predicted molar refractivity (Wildman–Crippen MR) is 73.8 cm³/mol. The summed E-state index contributed by atoms with van der Waals surface area (Å²) in [5, 5.41) is 3.98. The first kappa shape index (κ1) is 12.3. The molecule has 0 aliphatic heterocycles. The summed E-state index contributed by atoms with van der Waals surface area (Å²) in [4.78, 5) is 16.0. The lowest BCUT2D eigenvalue weighted by molar-refractivity contribution is 0.240. The van der Waals surface area contributed by atoms with E-state index in [2.05, 4.69) is 25.1 Å². The Morgan fingerprint density at radius 2 is 2.24 bits per heavy atom. The molecule has 0 unspecified atom stereocenters. The summed E-state index contributed by atoms with van der Waals surface area (Å²) >= 11 is 0. The van der Waals surface area contributed by atoms with Crippen LogP contribution in [0.15, 0.2) is 23.2 Å². The maximum absolute atomic E-state index is 6.25. The van der Waals surface area contributed by atoms with E-state index in [-0.39, 0.29) is 5.54 Å². The zero-order valence-electron chi connectivity index (χ0n) is 11.6. The molecular formula is C13H15N7O. The number of H-pyrrole nitrogens is 1. The monoisotopic (exact) mass is 285 g/mol. The molecule has 8 nitrogen and oxygen atoms in total. The molecule has 8 heteroatoms. The fourth-order valence-corrected chi connectivity index (χ4v) is 2.49. The average Bonchev–Trinajstić information content (AvgIpc) is 3.14. The zero-order valence-corrected chi connectivity index (χ0v) is 11.6. The molecule has 0 saturated heterocycles. The van der Waals surface area contributed by atoms with Crippen molar-refractivity contribution in [2.75, 3.05) is 0 Å². The van der Waals surface area contributed by atoms with Gasteiger partial charge in [0.05, 0.1) is 24.3 Å². The normalized spacial score (nSPS) is 16.9. The number of imidazole rings is 2. The van der Waals surface area contributed by atoms with Crippen molar-refractivity contribution < 1.29 is 4.52 Å². The molecule has 0 spiro atoms. The summed E-state index contributed by atoms with van der Waals surface area (Å²) in [5.74, 6) is 1.67. The minimum atomic E-state index is -0.330. The van der Waals surface area contributed by atoms with Crippen molar-refractivity contribution >= 4 is 0 Å². The molecule has 1 aliphatic carbocycles. The van der Waals surface area contributed by atoms with Crippen LogP contribution in [0.3, 0.4) is 0 Å². The summed E-state index contributed by atoms with van der Waals surface area (Å²) in [6.45, 7) is 0. The molecule has 1 aliphatic rings. The molecule has 1 saturated carbocycles. The Hall–Kier alpha value is -2.48. The van der Waals surface area contributed by atoms with Crippen molar-refractivity contribution in [1.82, 2.24) is 29.7 Å². The molecule has 0 bridgehead atoms. The number of nitrogens with two attached hydrogens (primary N) is 1. The third-order valence-corrected chi connectivity index (χ3v) is 4.00. The fourth-order valence-electron chi connectivity index (χ4n) is 2.49. The quantitative estimate of drug-likeness (QED) is 0.747. The van der Waals surface area contributed by atoms with Crippen molar-refractivity contribution in [2.45, 2.75) is 24.8 Å². The SMILES string of the molecule is Cn1cncc1-c1noc(-c2cnc(C3(N)CCC3)[nH]2)n1. The van der Waals surface area contributed by atoms with Crippen molar-refractivity contribution in [3.8, 4) is 23.1 Å². The van der Waals surface area contributed by atoms with E-state index in [4.69, 9.17) is 10.3 Å². The molecule has 108 valence electrons. The van der Waals surface area contributed by atoms with Gasteiger partial charge in [0, 0.05) is 7.05 Å². The second-order valence-corrected chi connectivity index (χ2v) is 5.47. The number of nitrogens with zero attached hydrogens (tertiary/aromatic N) is 5. The molecule has 3 aromatic heterocycles. The average molecular weight is 285 g/mol. The van der Waals surface area contributed by atoms with Crippen LogP contribution in [0.4, 0.5) is 0 Å². The first-order valence-electron chi connectivity index (χ1n) is 6.81. The number of hydrogen-bond donors (Lipinski definition) is 2. The minimum absolute atomic E-state index is 0.330. The third-order valence-electron chi connectivity index (χ3n) is 4.00. The van der Waals surface area contributed by atoms with Crippen molar-refractivity contribution in [2.24, 2.45) is 12.8 Å². The molecule has 0 atom stereocenters. The van der Waals surface area contributed by atoms with Gasteiger partial charge in [0.15, 0.2) is 0 Å². The third kappa shape index (κ3) is 1.87. The molecule has 0 amide bonds. The van der Waals surface area contributed by atoms with E-state index in [0.29, 0.717) is 17.4 Å². The zero-order chi connectivity index (χ0) is 14.4. The van der Waals surface area contributed by atoms with E-state index in [0.717, 1.165) is 30.8 Å². The van der Waals surface area contributed by atoms with Crippen LogP contribution >= 0.6 is 0 Å². The number of aromatic nitrogens is 6. The Morgan fingerprint density at radius 1 is 1.38 bits per heavy atom. The molecule has 0 aromatic carbocycles. The van der Waals surface area contributed by atoms with Crippen LogP contribution in [-0.4, -0.2) is 29.7 Å². The van der Waals surface area contributed by atoms with Gasteiger partial charge in [-0.2, -0.15) is 4.98 Å². The summed E-state index contributed by atoms with van der Waals surface area (Å²) in [5.41, 5.74) is 7.39. The Bertz CT molecular complexity index is 780. The van der Waals surface area contributed by atoms with Crippen molar-refractivity contribution in [1.29, 1.82) is 0 Å². The molecule has 1 fully saturated rings. The molecule has 3 N–H and O–H groups in total. The van der Waals surface area contributed by atoms with E-state index < -0.39 is 0 Å². The largest absolute Gasteiger partial charge is 0.336 e. The number of hydrogen-bond acceptors (Lipinski definition) is 6. The summed E-state index contributed by atoms with van der Waals surface area (Å²) in [6, 6.07) is 0. The molecule has 3 heterocycles. The lowest BCUT2D eigenvalue weighted by Gasteiger charge is -2.35. The molecule has 3 aromatic rings. The maximum Gasteiger partial charge on any atom is 0.276 e. The van der Waals surface area contributed by atoms with Crippen LogP contribution in [0.1, 0.15) is 25.1 Å². The highest BCUT2D eigenvalue weighted by Crippen LogP contribution is 2.37. The highest BCUT2D eigenvalue weighted by molar-refractivity contribution is 5.53. The second kappa shape index (κ2) is 4.26. The Kier molecular flexibility index (Phi) is 2.49. The molecular weight excluding hydrogens is 270 g/mol. The van der Waals surface area contributed by atoms with Crippen molar-refractivity contribution in [3.05, 3.63) is 24.5 Å². The van der Waals surface area contributed by atoms with Crippen LogP contribution in [0, 0.1) is 0 Å². The second-order valence-electron chi connectivity index (χ2n) is 5.47. The topological polar surface area (TPSA) is 111 Å². The van der Waals surface area contributed by atoms with Gasteiger partial charge in [-0.05, 0) is 19.3 Å². The molecule has 4 rings (SSSR count). The van der Waals surface area contributed by atoms with Gasteiger partial charge < -0.3 is 19.8 Å². The maximum atomic E-state index is 6.25. The number of rotatable bonds is 3. The highest BCUT2D eigenvalue weighted by atomic mass is 16.5. The van der Waals surface area contributed by atoms with E-state index in [1.54, 1.807) is 18.7 Å². The van der Waals surface area contributed by atoms with Gasteiger partial charge in [0.25, 0.3) is 5.89 Å². The van der Waals surface area contributed by atoms with E-state index in [9.17, 15) is 0 Å². The van der Waals surface area contributed by atoms with Crippen LogP contribution in [0.5, 0.6) is 0 Å². The van der Waals surface area contributed by atoms with E-state index in [1.165, 1.54) is 0 Å². The highest BCUT2D eigenvalue weighted by Gasteiger charge is 2.37. The van der Waals surface area contributed by atoms with Gasteiger partial charge in [-0.3, -0.25) is 0 Å². The Labute approximate surface area is 120 Å². The molecule has 21 heavy (non-hydrogen) atoms. The van der Waals surface area contributed by atoms with E-state index in [1.807, 2.05) is 11.6 Å². The van der Waals surface area contributed by atoms with Gasteiger partial charge in [-0.25, -0.2) is 9.97 Å². The lowest BCUT2D eigenvalue weighted by atomic mass is 9.77. The van der Waals surface area contributed by atoms with Crippen LogP contribution in [0.2, 0.25) is 0 Å². The van der Waals surface area contributed by atoms with Gasteiger partial charge in [0.2, 0.25) is 5.82 Å². The van der Waals surface area contributed by atoms with Crippen molar-refractivity contribution in [3.63, 3.8) is 0 Å². The van der Waals surface area contributed by atoms with Crippen LogP contribution in [-0.2, 0) is 12.6 Å².